The van der Waals surface area contributed by atoms with E-state index in [4.69, 9.17) is 4.74 Å². The molecule has 0 aliphatic heterocycles. The lowest BCUT2D eigenvalue weighted by Gasteiger charge is -2.15. The highest BCUT2D eigenvalue weighted by molar-refractivity contribution is 5.49. The van der Waals surface area contributed by atoms with Gasteiger partial charge in [-0.2, -0.15) is 0 Å². The lowest BCUT2D eigenvalue weighted by atomic mass is 10.0. The highest BCUT2D eigenvalue weighted by Gasteiger charge is 2.23. The van der Waals surface area contributed by atoms with Crippen molar-refractivity contribution < 1.29 is 9.84 Å². The molecule has 0 aromatic heterocycles. The number of ether oxygens (including phenoxy) is 1. The molecule has 0 heterocycles. The minimum atomic E-state index is -0.0635. The van der Waals surface area contributed by atoms with Gasteiger partial charge in [-0.25, -0.2) is 0 Å². The second-order valence-corrected chi connectivity index (χ2v) is 5.03. The van der Waals surface area contributed by atoms with Crippen LogP contribution >= 0.6 is 0 Å². The fourth-order valence-electron chi connectivity index (χ4n) is 2.01. The van der Waals surface area contributed by atoms with Crippen LogP contribution in [0.1, 0.15) is 30.9 Å². The van der Waals surface area contributed by atoms with E-state index in [0.29, 0.717) is 0 Å². The van der Waals surface area contributed by atoms with Gasteiger partial charge in [-0.3, -0.25) is 0 Å². The lowest BCUT2D eigenvalue weighted by Crippen LogP contribution is -2.21. The number of rotatable bonds is 7. The largest absolute Gasteiger partial charge is 0.394 e. The molecule has 18 heavy (non-hydrogen) atoms. The van der Waals surface area contributed by atoms with Crippen LogP contribution in [0.2, 0.25) is 0 Å². The average Bonchev–Trinajstić information content (AvgIpc) is 3.19. The summed E-state index contributed by atoms with van der Waals surface area (Å²) in [7, 11) is 0. The van der Waals surface area contributed by atoms with Crippen LogP contribution in [0.25, 0.3) is 6.08 Å². The quantitative estimate of drug-likeness (QED) is 0.801. The molecule has 0 saturated heterocycles. The molecule has 98 valence electrons. The molecule has 2 heteroatoms. The van der Waals surface area contributed by atoms with Crippen LogP contribution in [0.15, 0.2) is 30.3 Å². The average molecular weight is 246 g/mol. The van der Waals surface area contributed by atoms with Crippen molar-refractivity contribution in [2.75, 3.05) is 13.2 Å². The summed E-state index contributed by atoms with van der Waals surface area (Å²) in [6.45, 7) is 2.92. The predicted molar refractivity (Wildman–Crippen MR) is 74.4 cm³/mol. The van der Waals surface area contributed by atoms with Crippen LogP contribution < -0.4 is 0 Å². The normalized spacial score (nSPS) is 17.2. The van der Waals surface area contributed by atoms with Crippen molar-refractivity contribution in [1.82, 2.24) is 0 Å². The molecule has 1 aliphatic rings. The highest BCUT2D eigenvalue weighted by Crippen LogP contribution is 2.29. The topological polar surface area (TPSA) is 29.5 Å². The monoisotopic (exact) mass is 246 g/mol. The van der Waals surface area contributed by atoms with Crippen LogP contribution in [0.4, 0.5) is 0 Å². The standard InChI is InChI=1S/C16H22O2/c1-2-4-13-5-3-6-15(9-13)10-16(11-17)18-12-14-7-8-14/h2-6,9,14,16-17H,7-8,10-12H2,1H3/b4-2+. The van der Waals surface area contributed by atoms with E-state index in [-0.39, 0.29) is 12.7 Å². The molecule has 1 atom stereocenters. The first-order valence-electron chi connectivity index (χ1n) is 6.76. The molecule has 0 amide bonds. The van der Waals surface area contributed by atoms with Crippen LogP contribution in [0, 0.1) is 5.92 Å². The zero-order valence-electron chi connectivity index (χ0n) is 11.0. The van der Waals surface area contributed by atoms with E-state index >= 15 is 0 Å². The minimum Gasteiger partial charge on any atom is -0.394 e. The molecule has 0 radical (unpaired) electrons. The summed E-state index contributed by atoms with van der Waals surface area (Å²) in [5, 5.41) is 9.35. The Kier molecular flexibility index (Phi) is 4.97. The number of benzene rings is 1. The van der Waals surface area contributed by atoms with Gasteiger partial charge in [0.05, 0.1) is 12.7 Å². The number of hydrogen-bond donors (Lipinski definition) is 1. The first-order chi connectivity index (χ1) is 8.81. The van der Waals surface area contributed by atoms with E-state index in [9.17, 15) is 5.11 Å². The molecule has 0 bridgehead atoms. The Balaban J connectivity index is 1.90. The van der Waals surface area contributed by atoms with Crippen molar-refractivity contribution in [1.29, 1.82) is 0 Å². The maximum Gasteiger partial charge on any atom is 0.0846 e. The Morgan fingerprint density at radius 1 is 1.44 bits per heavy atom. The number of hydrogen-bond acceptors (Lipinski definition) is 2. The molecule has 1 fully saturated rings. The predicted octanol–water partition coefficient (Wildman–Crippen LogP) is 3.05. The van der Waals surface area contributed by atoms with Gasteiger partial charge in [0.2, 0.25) is 0 Å². The third-order valence-corrected chi connectivity index (χ3v) is 3.24. The van der Waals surface area contributed by atoms with Crippen molar-refractivity contribution in [3.05, 3.63) is 41.5 Å². The van der Waals surface area contributed by atoms with Gasteiger partial charge < -0.3 is 9.84 Å². The lowest BCUT2D eigenvalue weighted by molar-refractivity contribution is 0.00819. The molecule has 1 aromatic rings. The molecule has 1 unspecified atom stereocenters. The summed E-state index contributed by atoms with van der Waals surface area (Å²) >= 11 is 0. The van der Waals surface area contributed by atoms with Gasteiger partial charge in [-0.05, 0) is 36.8 Å². The van der Waals surface area contributed by atoms with Crippen LogP contribution in [-0.2, 0) is 11.2 Å². The van der Waals surface area contributed by atoms with Crippen molar-refractivity contribution in [3.63, 3.8) is 0 Å². The fourth-order valence-corrected chi connectivity index (χ4v) is 2.01. The van der Waals surface area contributed by atoms with Crippen LogP contribution in [0.3, 0.4) is 0 Å². The Morgan fingerprint density at radius 3 is 2.94 bits per heavy atom. The van der Waals surface area contributed by atoms with E-state index in [1.807, 2.05) is 13.0 Å². The summed E-state index contributed by atoms with van der Waals surface area (Å²) in [5.41, 5.74) is 2.43. The van der Waals surface area contributed by atoms with E-state index in [2.05, 4.69) is 30.3 Å². The van der Waals surface area contributed by atoms with E-state index in [1.165, 1.54) is 24.0 Å². The smallest absolute Gasteiger partial charge is 0.0846 e. The number of aliphatic hydroxyl groups is 1. The second kappa shape index (κ2) is 6.72. The minimum absolute atomic E-state index is 0.0635. The zero-order chi connectivity index (χ0) is 12.8. The van der Waals surface area contributed by atoms with Gasteiger partial charge in [0, 0.05) is 13.0 Å². The molecular formula is C16H22O2. The Morgan fingerprint density at radius 2 is 2.28 bits per heavy atom. The third-order valence-electron chi connectivity index (χ3n) is 3.24. The maximum atomic E-state index is 9.35. The van der Waals surface area contributed by atoms with Gasteiger partial charge >= 0.3 is 0 Å². The molecule has 0 spiro atoms. The Bertz CT molecular complexity index is 394. The molecular weight excluding hydrogens is 224 g/mol. The highest BCUT2D eigenvalue weighted by atomic mass is 16.5. The fraction of sp³-hybridized carbons (Fsp3) is 0.500. The third kappa shape index (κ3) is 4.28. The van der Waals surface area contributed by atoms with Crippen molar-refractivity contribution in [3.8, 4) is 0 Å². The summed E-state index contributed by atoms with van der Waals surface area (Å²) in [6.07, 6.45) is 7.42. The summed E-state index contributed by atoms with van der Waals surface area (Å²) in [5.74, 6) is 0.744. The van der Waals surface area contributed by atoms with Gasteiger partial charge in [0.25, 0.3) is 0 Å². The summed E-state index contributed by atoms with van der Waals surface area (Å²) in [4.78, 5) is 0. The molecule has 2 rings (SSSR count). The van der Waals surface area contributed by atoms with E-state index < -0.39 is 0 Å². The Hall–Kier alpha value is -1.12. The molecule has 1 saturated carbocycles. The summed E-state index contributed by atoms with van der Waals surface area (Å²) in [6, 6.07) is 8.39. The van der Waals surface area contributed by atoms with Crippen molar-refractivity contribution >= 4 is 6.08 Å². The first-order valence-corrected chi connectivity index (χ1v) is 6.76. The first kappa shape index (κ1) is 13.3. The van der Waals surface area contributed by atoms with Crippen molar-refractivity contribution in [2.24, 2.45) is 5.92 Å². The van der Waals surface area contributed by atoms with Crippen LogP contribution in [-0.4, -0.2) is 24.4 Å². The maximum absolute atomic E-state index is 9.35. The summed E-state index contributed by atoms with van der Waals surface area (Å²) < 4.78 is 5.75. The van der Waals surface area contributed by atoms with Gasteiger partial charge in [0.15, 0.2) is 0 Å². The molecule has 1 aromatic carbocycles. The van der Waals surface area contributed by atoms with Gasteiger partial charge in [0.1, 0.15) is 0 Å². The SMILES string of the molecule is C/C=C/c1cccc(CC(CO)OCC2CC2)c1. The second-order valence-electron chi connectivity index (χ2n) is 5.03. The molecule has 1 N–H and O–H groups in total. The van der Waals surface area contributed by atoms with Gasteiger partial charge in [-0.15, -0.1) is 0 Å². The van der Waals surface area contributed by atoms with Crippen LogP contribution in [0.5, 0.6) is 0 Å². The molecule has 1 aliphatic carbocycles. The number of aliphatic hydroxyl groups excluding tert-OH is 1. The van der Waals surface area contributed by atoms with E-state index in [0.717, 1.165) is 18.9 Å². The van der Waals surface area contributed by atoms with E-state index in [1.54, 1.807) is 0 Å². The number of allylic oxidation sites excluding steroid dienone is 1. The van der Waals surface area contributed by atoms with Gasteiger partial charge in [-0.1, -0.05) is 36.4 Å². The van der Waals surface area contributed by atoms with Crippen molar-refractivity contribution in [2.45, 2.75) is 32.3 Å². The Labute approximate surface area is 109 Å². The molecule has 2 nitrogen and oxygen atoms in total. The zero-order valence-corrected chi connectivity index (χ0v) is 11.0.